The number of carbonyl (C=O) groups is 1. The SMILES string of the molecule is O=C(O)CCc1c(C(F)(F)F)[nH]c2cc(Br)ccc12. The number of carboxylic acid groups (broad SMARTS) is 1. The summed E-state index contributed by atoms with van der Waals surface area (Å²) >= 11 is 3.18. The molecule has 0 saturated heterocycles. The second-order valence-electron chi connectivity index (χ2n) is 4.06. The van der Waals surface area contributed by atoms with E-state index in [0.717, 1.165) is 0 Å². The third-order valence-electron chi connectivity index (χ3n) is 2.74. The predicted molar refractivity (Wildman–Crippen MR) is 67.0 cm³/mol. The van der Waals surface area contributed by atoms with E-state index in [4.69, 9.17) is 5.11 Å². The molecular weight excluding hydrogens is 327 g/mol. The van der Waals surface area contributed by atoms with Crippen molar-refractivity contribution in [3.63, 3.8) is 0 Å². The van der Waals surface area contributed by atoms with E-state index in [-0.39, 0.29) is 18.4 Å². The Balaban J connectivity index is 2.58. The molecule has 0 aliphatic carbocycles. The van der Waals surface area contributed by atoms with Crippen molar-refractivity contribution in [2.24, 2.45) is 0 Å². The third-order valence-corrected chi connectivity index (χ3v) is 3.23. The van der Waals surface area contributed by atoms with E-state index in [2.05, 4.69) is 20.9 Å². The van der Waals surface area contributed by atoms with Crippen LogP contribution in [0.5, 0.6) is 0 Å². The maximum atomic E-state index is 12.9. The van der Waals surface area contributed by atoms with Crippen molar-refractivity contribution in [2.75, 3.05) is 0 Å². The van der Waals surface area contributed by atoms with Crippen LogP contribution in [0.4, 0.5) is 13.2 Å². The molecular formula is C12H9BrF3NO2. The van der Waals surface area contributed by atoms with Gasteiger partial charge in [-0.25, -0.2) is 0 Å². The minimum atomic E-state index is -4.53. The largest absolute Gasteiger partial charge is 0.481 e. The predicted octanol–water partition coefficient (Wildman–Crippen LogP) is 3.97. The number of nitrogens with one attached hydrogen (secondary N) is 1. The van der Waals surface area contributed by atoms with Gasteiger partial charge in [-0.3, -0.25) is 4.79 Å². The second-order valence-corrected chi connectivity index (χ2v) is 4.98. The number of fused-ring (bicyclic) bond motifs is 1. The van der Waals surface area contributed by atoms with Crippen LogP contribution in [0, 0.1) is 0 Å². The first-order valence-corrected chi connectivity index (χ1v) is 6.17. The zero-order valence-corrected chi connectivity index (χ0v) is 11.1. The Morgan fingerprint density at radius 2 is 2.05 bits per heavy atom. The number of alkyl halides is 3. The minimum absolute atomic E-state index is 0.00241. The molecule has 0 saturated carbocycles. The molecule has 0 unspecified atom stereocenters. The first-order chi connectivity index (χ1) is 8.79. The van der Waals surface area contributed by atoms with Crippen LogP contribution < -0.4 is 0 Å². The summed E-state index contributed by atoms with van der Waals surface area (Å²) in [6.07, 6.45) is -5.03. The second kappa shape index (κ2) is 4.88. The number of aromatic nitrogens is 1. The summed E-state index contributed by atoms with van der Waals surface area (Å²) in [6, 6.07) is 4.71. The first-order valence-electron chi connectivity index (χ1n) is 5.38. The lowest BCUT2D eigenvalue weighted by molar-refractivity contribution is -0.142. The number of H-pyrrole nitrogens is 1. The molecule has 1 aromatic carbocycles. The number of hydrogen-bond donors (Lipinski definition) is 2. The van der Waals surface area contributed by atoms with Crippen molar-refractivity contribution in [3.8, 4) is 0 Å². The molecule has 0 fully saturated rings. The molecule has 3 nitrogen and oxygen atoms in total. The molecule has 7 heteroatoms. The van der Waals surface area contributed by atoms with Gasteiger partial charge in [-0.2, -0.15) is 13.2 Å². The Morgan fingerprint density at radius 3 is 2.63 bits per heavy atom. The van der Waals surface area contributed by atoms with Crippen molar-refractivity contribution in [2.45, 2.75) is 19.0 Å². The summed E-state index contributed by atoms with van der Waals surface area (Å²) in [5, 5.41) is 9.02. The lowest BCUT2D eigenvalue weighted by Gasteiger charge is -2.07. The highest BCUT2D eigenvalue weighted by atomic mass is 79.9. The van der Waals surface area contributed by atoms with Crippen LogP contribution in [-0.4, -0.2) is 16.1 Å². The highest BCUT2D eigenvalue weighted by molar-refractivity contribution is 9.10. The monoisotopic (exact) mass is 335 g/mol. The average molecular weight is 336 g/mol. The highest BCUT2D eigenvalue weighted by Crippen LogP contribution is 2.36. The van der Waals surface area contributed by atoms with Gasteiger partial charge in [0.2, 0.25) is 0 Å². The Kier molecular flexibility index (Phi) is 3.58. The van der Waals surface area contributed by atoms with Gasteiger partial charge in [-0.15, -0.1) is 0 Å². The minimum Gasteiger partial charge on any atom is -0.481 e. The summed E-state index contributed by atoms with van der Waals surface area (Å²) in [6.45, 7) is 0. The number of hydrogen-bond acceptors (Lipinski definition) is 1. The molecule has 102 valence electrons. The molecule has 0 atom stereocenters. The van der Waals surface area contributed by atoms with Gasteiger partial charge >= 0.3 is 12.1 Å². The maximum Gasteiger partial charge on any atom is 0.431 e. The Morgan fingerprint density at radius 1 is 1.37 bits per heavy atom. The van der Waals surface area contributed by atoms with Crippen LogP contribution >= 0.6 is 15.9 Å². The molecule has 1 aromatic heterocycles. The van der Waals surface area contributed by atoms with Gasteiger partial charge < -0.3 is 10.1 Å². The fraction of sp³-hybridized carbons (Fsp3) is 0.250. The van der Waals surface area contributed by atoms with E-state index < -0.39 is 17.8 Å². The quantitative estimate of drug-likeness (QED) is 0.891. The number of carboxylic acids is 1. The number of halogens is 4. The molecule has 0 radical (unpaired) electrons. The number of aliphatic carboxylic acids is 1. The summed E-state index contributed by atoms with van der Waals surface area (Å²) in [7, 11) is 0. The fourth-order valence-electron chi connectivity index (χ4n) is 1.96. The topological polar surface area (TPSA) is 53.1 Å². The molecule has 0 aliphatic rings. The molecule has 2 aromatic rings. The number of aromatic amines is 1. The van der Waals surface area contributed by atoms with Crippen LogP contribution in [0.1, 0.15) is 17.7 Å². The van der Waals surface area contributed by atoms with E-state index in [1.807, 2.05) is 0 Å². The van der Waals surface area contributed by atoms with Crippen LogP contribution in [0.25, 0.3) is 10.9 Å². The van der Waals surface area contributed by atoms with E-state index >= 15 is 0 Å². The number of rotatable bonds is 3. The third kappa shape index (κ3) is 2.91. The Labute approximate surface area is 114 Å². The van der Waals surface area contributed by atoms with Crippen LogP contribution in [0.3, 0.4) is 0 Å². The molecule has 2 rings (SSSR count). The molecule has 0 spiro atoms. The summed E-state index contributed by atoms with van der Waals surface area (Å²) < 4.78 is 39.4. The Hall–Kier alpha value is -1.50. The van der Waals surface area contributed by atoms with Gasteiger partial charge in [-0.1, -0.05) is 22.0 Å². The lowest BCUT2D eigenvalue weighted by atomic mass is 10.1. The maximum absolute atomic E-state index is 12.9. The van der Waals surface area contributed by atoms with E-state index in [1.54, 1.807) is 12.1 Å². The van der Waals surface area contributed by atoms with Crippen molar-refractivity contribution in [1.29, 1.82) is 0 Å². The van der Waals surface area contributed by atoms with Crippen LogP contribution in [0.2, 0.25) is 0 Å². The van der Waals surface area contributed by atoms with Crippen LogP contribution in [0.15, 0.2) is 22.7 Å². The van der Waals surface area contributed by atoms with Gasteiger partial charge in [0.15, 0.2) is 0 Å². The summed E-state index contributed by atoms with van der Waals surface area (Å²) in [4.78, 5) is 12.9. The van der Waals surface area contributed by atoms with Crippen molar-refractivity contribution >= 4 is 32.8 Å². The van der Waals surface area contributed by atoms with Crippen molar-refractivity contribution in [3.05, 3.63) is 33.9 Å². The molecule has 2 N–H and O–H groups in total. The Bertz CT molecular complexity index is 634. The summed E-state index contributed by atoms with van der Waals surface area (Å²) in [5.74, 6) is -1.13. The van der Waals surface area contributed by atoms with Crippen LogP contribution in [-0.2, 0) is 17.4 Å². The standard InChI is InChI=1S/C12H9BrF3NO2/c13-6-1-2-7-8(3-4-10(18)19)11(12(14,15)16)17-9(7)5-6/h1-2,5,17H,3-4H2,(H,18,19). The van der Waals surface area contributed by atoms with Gasteiger partial charge in [0.25, 0.3) is 0 Å². The number of aryl methyl sites for hydroxylation is 1. The molecule has 0 amide bonds. The normalized spacial score (nSPS) is 12.0. The lowest BCUT2D eigenvalue weighted by Crippen LogP contribution is -2.10. The van der Waals surface area contributed by atoms with Gasteiger partial charge in [0.05, 0.1) is 0 Å². The molecule has 0 aliphatic heterocycles. The average Bonchev–Trinajstić information content (AvgIpc) is 2.63. The highest BCUT2D eigenvalue weighted by Gasteiger charge is 2.36. The number of benzene rings is 1. The first kappa shape index (κ1) is 13.9. The molecule has 19 heavy (non-hydrogen) atoms. The fourth-order valence-corrected chi connectivity index (χ4v) is 2.32. The van der Waals surface area contributed by atoms with E-state index in [0.29, 0.717) is 15.4 Å². The summed E-state index contributed by atoms with van der Waals surface area (Å²) in [5.41, 5.74) is -0.540. The zero-order chi connectivity index (χ0) is 14.2. The van der Waals surface area contributed by atoms with Crippen molar-refractivity contribution in [1.82, 2.24) is 4.98 Å². The van der Waals surface area contributed by atoms with Gasteiger partial charge in [-0.05, 0) is 24.1 Å². The van der Waals surface area contributed by atoms with Gasteiger partial charge in [0.1, 0.15) is 5.69 Å². The smallest absolute Gasteiger partial charge is 0.431 e. The van der Waals surface area contributed by atoms with E-state index in [1.165, 1.54) is 6.07 Å². The van der Waals surface area contributed by atoms with Gasteiger partial charge in [0, 0.05) is 21.8 Å². The zero-order valence-electron chi connectivity index (χ0n) is 9.51. The molecule has 0 bridgehead atoms. The van der Waals surface area contributed by atoms with Crippen molar-refractivity contribution < 1.29 is 23.1 Å². The van der Waals surface area contributed by atoms with E-state index in [9.17, 15) is 18.0 Å². The molecule has 1 heterocycles.